The van der Waals surface area contributed by atoms with E-state index in [0.717, 1.165) is 0 Å². The highest BCUT2D eigenvalue weighted by atomic mass is 35.5. The molecule has 0 aromatic heterocycles. The largest absolute Gasteiger partial charge is 0.465 e. The van der Waals surface area contributed by atoms with E-state index in [1.807, 2.05) is 13.8 Å². The van der Waals surface area contributed by atoms with Gasteiger partial charge >= 0.3 is 5.97 Å². The van der Waals surface area contributed by atoms with E-state index in [4.69, 9.17) is 17.3 Å². The predicted molar refractivity (Wildman–Crippen MR) is 65.3 cm³/mol. The molecule has 0 bridgehead atoms. The van der Waals surface area contributed by atoms with Crippen molar-refractivity contribution in [2.24, 2.45) is 0 Å². The number of hydrogen-bond acceptors (Lipinski definition) is 3. The average Bonchev–Trinajstić information content (AvgIpc) is 2.23. The molecule has 1 aromatic carbocycles. The van der Waals surface area contributed by atoms with Gasteiger partial charge in [0.15, 0.2) is 0 Å². The lowest BCUT2D eigenvalue weighted by Gasteiger charge is -2.02. The van der Waals surface area contributed by atoms with Gasteiger partial charge in [0.2, 0.25) is 0 Å². The second-order valence-electron chi connectivity index (χ2n) is 2.23. The lowest BCUT2D eigenvalue weighted by atomic mass is 10.2. The van der Waals surface area contributed by atoms with Crippen molar-refractivity contribution < 1.29 is 9.53 Å². The van der Waals surface area contributed by atoms with E-state index in [2.05, 4.69) is 4.74 Å². The Bertz CT molecular complexity index is 313. The predicted octanol–water partition coefficient (Wildman–Crippen LogP) is 3.37. The summed E-state index contributed by atoms with van der Waals surface area (Å²) in [5.41, 5.74) is 6.23. The number of hydrogen-bond donors (Lipinski definition) is 1. The van der Waals surface area contributed by atoms with Crippen molar-refractivity contribution in [3.8, 4) is 0 Å². The van der Waals surface area contributed by atoms with Gasteiger partial charge in [-0.15, -0.1) is 0 Å². The number of carbonyl (C=O) groups is 1. The first kappa shape index (κ1) is 16.2. The maximum atomic E-state index is 11.0. The van der Waals surface area contributed by atoms with Crippen molar-refractivity contribution >= 4 is 23.3 Å². The molecule has 0 spiro atoms. The fourth-order valence-corrected chi connectivity index (χ4v) is 1.00. The van der Waals surface area contributed by atoms with Crippen molar-refractivity contribution in [3.05, 3.63) is 28.8 Å². The molecule has 1 rings (SSSR count). The maximum absolute atomic E-state index is 11.0. The number of nitrogen functional groups attached to an aromatic ring is 1. The topological polar surface area (TPSA) is 52.3 Å². The molecule has 86 valence electrons. The van der Waals surface area contributed by atoms with Crippen LogP contribution in [-0.2, 0) is 4.74 Å². The molecule has 3 nitrogen and oxygen atoms in total. The monoisotopic (exact) mass is 231 g/mol. The number of carbonyl (C=O) groups excluding carboxylic acids is 1. The number of anilines is 1. The van der Waals surface area contributed by atoms with E-state index in [9.17, 15) is 4.79 Å². The summed E-state index contributed by atoms with van der Waals surface area (Å²) in [6, 6.07) is 4.66. The molecule has 2 N–H and O–H groups in total. The summed E-state index contributed by atoms with van der Waals surface area (Å²) in [4.78, 5) is 11.0. The minimum absolute atomic E-state index is 0. The summed E-state index contributed by atoms with van der Waals surface area (Å²) in [7, 11) is 1.29. The first-order valence-electron chi connectivity index (χ1n) is 4.28. The smallest absolute Gasteiger partial charge is 0.339 e. The zero-order chi connectivity index (χ0) is 11.1. The molecule has 0 atom stereocenters. The summed E-state index contributed by atoms with van der Waals surface area (Å²) < 4.78 is 4.49. The maximum Gasteiger partial charge on any atom is 0.339 e. The van der Waals surface area contributed by atoms with E-state index in [-0.39, 0.29) is 7.43 Å². The summed E-state index contributed by atoms with van der Waals surface area (Å²) >= 11 is 5.71. The highest BCUT2D eigenvalue weighted by Gasteiger charge is 2.09. The third-order valence-corrected chi connectivity index (χ3v) is 1.73. The molecular formula is C11H18ClNO2. The molecular weight excluding hydrogens is 214 g/mol. The van der Waals surface area contributed by atoms with Gasteiger partial charge in [0.25, 0.3) is 0 Å². The Morgan fingerprint density at radius 3 is 2.40 bits per heavy atom. The standard InChI is InChI=1S/C8H8ClNO2.C2H6.CH4/c1-12-8(11)6-4-5(10)2-3-7(6)9;1-2;/h2-4H,10H2,1H3;1-2H3;1H4. The second kappa shape index (κ2) is 8.12. The minimum atomic E-state index is -0.479. The van der Waals surface area contributed by atoms with E-state index in [1.54, 1.807) is 12.1 Å². The van der Waals surface area contributed by atoms with Crippen LogP contribution in [0.25, 0.3) is 0 Å². The van der Waals surface area contributed by atoms with Crippen LogP contribution in [0.1, 0.15) is 31.6 Å². The van der Waals surface area contributed by atoms with E-state index in [0.29, 0.717) is 16.3 Å². The zero-order valence-corrected chi connectivity index (χ0v) is 9.26. The van der Waals surface area contributed by atoms with Crippen LogP contribution in [0, 0.1) is 0 Å². The molecule has 1 aromatic rings. The first-order chi connectivity index (χ1) is 6.65. The molecule has 15 heavy (non-hydrogen) atoms. The lowest BCUT2D eigenvalue weighted by molar-refractivity contribution is 0.0601. The van der Waals surface area contributed by atoms with Crippen LogP contribution in [0.5, 0.6) is 0 Å². The molecule has 0 amide bonds. The molecule has 4 heteroatoms. The van der Waals surface area contributed by atoms with E-state index >= 15 is 0 Å². The molecule has 0 unspecified atom stereocenters. The van der Waals surface area contributed by atoms with Crippen molar-refractivity contribution in [1.29, 1.82) is 0 Å². The second-order valence-corrected chi connectivity index (χ2v) is 2.64. The molecule has 0 fully saturated rings. The SMILES string of the molecule is C.CC.COC(=O)c1cc(N)ccc1Cl. The fraction of sp³-hybridized carbons (Fsp3) is 0.364. The van der Waals surface area contributed by atoms with Gasteiger partial charge in [0.1, 0.15) is 0 Å². The number of nitrogens with two attached hydrogens (primary N) is 1. The number of halogens is 1. The zero-order valence-electron chi connectivity index (χ0n) is 8.50. The summed E-state index contributed by atoms with van der Waals surface area (Å²) in [5, 5.41) is 0.344. The molecule has 0 aliphatic rings. The number of ether oxygens (including phenoxy) is 1. The van der Waals surface area contributed by atoms with Crippen molar-refractivity contribution in [1.82, 2.24) is 0 Å². The number of rotatable bonds is 1. The Labute approximate surface area is 96.2 Å². The number of methoxy groups -OCH3 is 1. The number of benzene rings is 1. The van der Waals surface area contributed by atoms with Crippen LogP contribution >= 0.6 is 11.6 Å². The summed E-state index contributed by atoms with van der Waals surface area (Å²) in [5.74, 6) is -0.479. The van der Waals surface area contributed by atoms with Crippen LogP contribution < -0.4 is 5.73 Å². The van der Waals surface area contributed by atoms with Crippen LogP contribution in [0.2, 0.25) is 5.02 Å². The Kier molecular flexibility index (Phi) is 8.78. The lowest BCUT2D eigenvalue weighted by Crippen LogP contribution is -2.02. The molecule has 0 radical (unpaired) electrons. The van der Waals surface area contributed by atoms with Crippen molar-refractivity contribution in [2.45, 2.75) is 21.3 Å². The molecule has 0 saturated carbocycles. The van der Waals surface area contributed by atoms with E-state index in [1.165, 1.54) is 13.2 Å². The molecule has 0 aliphatic heterocycles. The first-order valence-corrected chi connectivity index (χ1v) is 4.66. The van der Waals surface area contributed by atoms with Crippen LogP contribution in [0.3, 0.4) is 0 Å². The summed E-state index contributed by atoms with van der Waals surface area (Å²) in [6.45, 7) is 4.00. The van der Waals surface area contributed by atoms with Gasteiger partial charge in [-0.25, -0.2) is 4.79 Å². The highest BCUT2D eigenvalue weighted by Crippen LogP contribution is 2.19. The van der Waals surface area contributed by atoms with E-state index < -0.39 is 5.97 Å². The van der Waals surface area contributed by atoms with Gasteiger partial charge in [-0.1, -0.05) is 32.9 Å². The van der Waals surface area contributed by atoms with Gasteiger partial charge in [0, 0.05) is 5.69 Å². The van der Waals surface area contributed by atoms with Gasteiger partial charge in [-0.05, 0) is 18.2 Å². The average molecular weight is 232 g/mol. The quantitative estimate of drug-likeness (QED) is 0.596. The normalized spacial score (nSPS) is 8.00. The van der Waals surface area contributed by atoms with Gasteiger partial charge in [-0.3, -0.25) is 0 Å². The van der Waals surface area contributed by atoms with Crippen molar-refractivity contribution in [3.63, 3.8) is 0 Å². The Hall–Kier alpha value is -1.22. The van der Waals surface area contributed by atoms with Gasteiger partial charge < -0.3 is 10.5 Å². The molecule has 0 saturated heterocycles. The third kappa shape index (κ3) is 4.70. The van der Waals surface area contributed by atoms with Crippen LogP contribution in [-0.4, -0.2) is 13.1 Å². The van der Waals surface area contributed by atoms with Crippen LogP contribution in [0.4, 0.5) is 5.69 Å². The molecule has 0 heterocycles. The third-order valence-electron chi connectivity index (χ3n) is 1.40. The molecule has 0 aliphatic carbocycles. The Balaban J connectivity index is 0. The Morgan fingerprint density at radius 1 is 1.40 bits per heavy atom. The summed E-state index contributed by atoms with van der Waals surface area (Å²) in [6.07, 6.45) is 0. The Morgan fingerprint density at radius 2 is 1.93 bits per heavy atom. The highest BCUT2D eigenvalue weighted by molar-refractivity contribution is 6.33. The van der Waals surface area contributed by atoms with Crippen molar-refractivity contribution in [2.75, 3.05) is 12.8 Å². The van der Waals surface area contributed by atoms with Gasteiger partial charge in [0.05, 0.1) is 17.7 Å². The van der Waals surface area contributed by atoms with Gasteiger partial charge in [-0.2, -0.15) is 0 Å². The fourth-order valence-electron chi connectivity index (χ4n) is 0.809. The van der Waals surface area contributed by atoms with Crippen LogP contribution in [0.15, 0.2) is 18.2 Å². The number of esters is 1. The minimum Gasteiger partial charge on any atom is -0.465 e.